The molecule has 1 aliphatic carbocycles. The van der Waals surface area contributed by atoms with Crippen LogP contribution in [-0.4, -0.2) is 15.9 Å². The monoisotopic (exact) mass is 357 g/mol. The highest BCUT2D eigenvalue weighted by atomic mass is 16.5. The molecule has 2 aliphatic rings. The average molecular weight is 357 g/mol. The van der Waals surface area contributed by atoms with Gasteiger partial charge in [0.15, 0.2) is 17.4 Å². The minimum atomic E-state index is -0.407. The lowest BCUT2D eigenvalue weighted by Gasteiger charge is -2.29. The molecule has 0 saturated carbocycles. The highest BCUT2D eigenvalue weighted by Crippen LogP contribution is 2.45. The number of aryl methyl sites for hydroxylation is 1. The zero-order chi connectivity index (χ0) is 18.4. The van der Waals surface area contributed by atoms with Crippen molar-refractivity contribution in [1.82, 2.24) is 9.97 Å². The number of anilines is 3. The largest absolute Gasteiger partial charge is 0.419 e. The lowest BCUT2D eigenvalue weighted by Crippen LogP contribution is -2.18. The van der Waals surface area contributed by atoms with Gasteiger partial charge in [0, 0.05) is 12.4 Å². The van der Waals surface area contributed by atoms with Gasteiger partial charge in [0.2, 0.25) is 0 Å². The van der Waals surface area contributed by atoms with Crippen LogP contribution in [0.15, 0.2) is 48.8 Å². The lowest BCUT2D eigenvalue weighted by atomic mass is 9.87. The van der Waals surface area contributed by atoms with E-state index >= 15 is 0 Å². The van der Waals surface area contributed by atoms with Gasteiger partial charge in [-0.1, -0.05) is 6.07 Å². The van der Waals surface area contributed by atoms with E-state index in [-0.39, 0.29) is 0 Å². The maximum atomic E-state index is 12.7. The zero-order valence-electron chi connectivity index (χ0n) is 15.1. The molecule has 0 fully saturated rings. The zero-order valence-corrected chi connectivity index (χ0v) is 15.1. The van der Waals surface area contributed by atoms with Crippen molar-refractivity contribution in [3.8, 4) is 5.75 Å². The van der Waals surface area contributed by atoms with E-state index in [1.54, 1.807) is 36.7 Å². The summed E-state index contributed by atoms with van der Waals surface area (Å²) < 4.78 is 5.62. The van der Waals surface area contributed by atoms with Gasteiger partial charge in [-0.3, -0.25) is 4.90 Å². The summed E-state index contributed by atoms with van der Waals surface area (Å²) in [6, 6.07) is 11.3. The number of aromatic nitrogens is 2. The minimum Gasteiger partial charge on any atom is -0.419 e. The van der Waals surface area contributed by atoms with Gasteiger partial charge in [-0.05, 0) is 79.6 Å². The first-order valence-electron chi connectivity index (χ1n) is 9.28. The molecular weight excluding hydrogens is 338 g/mol. The van der Waals surface area contributed by atoms with Crippen LogP contribution >= 0.6 is 0 Å². The van der Waals surface area contributed by atoms with Gasteiger partial charge in [0.1, 0.15) is 5.56 Å². The van der Waals surface area contributed by atoms with Crippen LogP contribution in [0.4, 0.5) is 17.3 Å². The van der Waals surface area contributed by atoms with Crippen molar-refractivity contribution in [3.63, 3.8) is 0 Å². The summed E-state index contributed by atoms with van der Waals surface area (Å²) in [5, 5.41) is 0. The molecule has 0 saturated heterocycles. The van der Waals surface area contributed by atoms with Crippen molar-refractivity contribution in [2.45, 2.75) is 32.6 Å². The van der Waals surface area contributed by atoms with Crippen LogP contribution in [-0.2, 0) is 12.8 Å². The van der Waals surface area contributed by atoms with E-state index in [0.717, 1.165) is 24.9 Å². The van der Waals surface area contributed by atoms with Gasteiger partial charge >= 0.3 is 5.97 Å². The number of carbonyl (C=O) groups is 1. The maximum absolute atomic E-state index is 12.7. The molecule has 0 spiro atoms. The van der Waals surface area contributed by atoms with Gasteiger partial charge in [-0.15, -0.1) is 0 Å². The van der Waals surface area contributed by atoms with Crippen LogP contribution in [0, 0.1) is 6.92 Å². The fourth-order valence-electron chi connectivity index (χ4n) is 4.09. The fraction of sp³-hybridized carbons (Fsp3) is 0.227. The predicted octanol–water partition coefficient (Wildman–Crippen LogP) is 4.67. The Bertz CT molecular complexity index is 1060. The van der Waals surface area contributed by atoms with E-state index in [1.165, 1.54) is 23.1 Å². The van der Waals surface area contributed by atoms with Crippen LogP contribution < -0.4 is 9.64 Å². The Balaban J connectivity index is 1.82. The van der Waals surface area contributed by atoms with E-state index in [1.807, 2.05) is 4.90 Å². The minimum absolute atomic E-state index is 0.407. The van der Waals surface area contributed by atoms with Gasteiger partial charge in [0.25, 0.3) is 0 Å². The van der Waals surface area contributed by atoms with Crippen molar-refractivity contribution in [2.75, 3.05) is 4.90 Å². The summed E-state index contributed by atoms with van der Waals surface area (Å²) >= 11 is 0. The third-order valence-corrected chi connectivity index (χ3v) is 5.37. The van der Waals surface area contributed by atoms with E-state index < -0.39 is 5.97 Å². The molecule has 27 heavy (non-hydrogen) atoms. The molecule has 0 radical (unpaired) electrons. The summed E-state index contributed by atoms with van der Waals surface area (Å²) in [6.45, 7) is 2.17. The average Bonchev–Trinajstić information content (AvgIpc) is 2.83. The molecule has 0 N–H and O–H groups in total. The predicted molar refractivity (Wildman–Crippen MR) is 103 cm³/mol. The normalized spacial score (nSPS) is 15.3. The fourth-order valence-corrected chi connectivity index (χ4v) is 4.09. The topological polar surface area (TPSA) is 55.3 Å². The molecule has 0 atom stereocenters. The number of pyridine rings is 2. The van der Waals surface area contributed by atoms with Crippen LogP contribution in [0.1, 0.15) is 39.9 Å². The third kappa shape index (κ3) is 2.50. The number of esters is 1. The van der Waals surface area contributed by atoms with Gasteiger partial charge in [-0.2, -0.15) is 0 Å². The van der Waals surface area contributed by atoms with E-state index in [4.69, 9.17) is 4.74 Å². The highest BCUT2D eigenvalue weighted by Gasteiger charge is 2.32. The van der Waals surface area contributed by atoms with Crippen LogP contribution in [0.5, 0.6) is 5.75 Å². The molecular formula is C22H19N3O2. The Hall–Kier alpha value is -3.21. The van der Waals surface area contributed by atoms with E-state index in [9.17, 15) is 4.79 Å². The number of nitrogens with zero attached hydrogens (tertiary/aromatic N) is 3. The molecule has 1 aromatic carbocycles. The second-order valence-electron chi connectivity index (χ2n) is 6.99. The third-order valence-electron chi connectivity index (χ3n) is 5.37. The Morgan fingerprint density at radius 3 is 2.52 bits per heavy atom. The van der Waals surface area contributed by atoms with Crippen LogP contribution in [0.25, 0.3) is 0 Å². The molecule has 3 aromatic rings. The quantitative estimate of drug-likeness (QED) is 0.593. The summed E-state index contributed by atoms with van der Waals surface area (Å²) in [5.74, 6) is 1.21. The lowest BCUT2D eigenvalue weighted by molar-refractivity contribution is 0.0738. The van der Waals surface area contributed by atoms with E-state index in [0.29, 0.717) is 22.9 Å². The molecule has 0 bridgehead atoms. The Kier molecular flexibility index (Phi) is 3.67. The number of rotatable bonds is 1. The first-order chi connectivity index (χ1) is 13.2. The summed E-state index contributed by atoms with van der Waals surface area (Å²) in [6.07, 6.45) is 7.89. The summed E-state index contributed by atoms with van der Waals surface area (Å²) in [7, 11) is 0. The van der Waals surface area contributed by atoms with Gasteiger partial charge < -0.3 is 4.74 Å². The molecule has 3 heterocycles. The maximum Gasteiger partial charge on any atom is 0.347 e. The summed E-state index contributed by atoms with van der Waals surface area (Å²) in [4.78, 5) is 23.7. The molecule has 0 unspecified atom stereocenters. The Morgan fingerprint density at radius 1 is 0.926 bits per heavy atom. The first-order valence-corrected chi connectivity index (χ1v) is 9.28. The number of ether oxygens (including phenoxy) is 1. The summed E-state index contributed by atoms with van der Waals surface area (Å²) in [5.41, 5.74) is 5.53. The van der Waals surface area contributed by atoms with Crippen molar-refractivity contribution >= 4 is 23.3 Å². The molecule has 5 rings (SSSR count). The van der Waals surface area contributed by atoms with Gasteiger partial charge in [-0.25, -0.2) is 14.8 Å². The van der Waals surface area contributed by atoms with E-state index in [2.05, 4.69) is 29.0 Å². The van der Waals surface area contributed by atoms with Gasteiger partial charge in [0.05, 0.1) is 5.69 Å². The van der Waals surface area contributed by atoms with Crippen LogP contribution in [0.2, 0.25) is 0 Å². The van der Waals surface area contributed by atoms with Crippen molar-refractivity contribution in [1.29, 1.82) is 0 Å². The number of hydrogen-bond acceptors (Lipinski definition) is 5. The SMILES string of the molecule is Cc1ccc(N2c3ncccc3OC(=O)c3cccnc32)c2c1CCCC2. The van der Waals surface area contributed by atoms with Crippen molar-refractivity contribution in [3.05, 3.63) is 71.0 Å². The second kappa shape index (κ2) is 6.20. The molecule has 0 amide bonds. The number of hydrogen-bond donors (Lipinski definition) is 0. The number of carbonyl (C=O) groups excluding carboxylic acids is 1. The molecule has 2 aromatic heterocycles. The molecule has 5 nitrogen and oxygen atoms in total. The Morgan fingerprint density at radius 2 is 1.67 bits per heavy atom. The molecule has 134 valence electrons. The standard InChI is InChI=1S/C22H19N3O2/c1-14-10-11-18(16-7-3-2-6-15(14)16)25-20-17(8-4-12-23-20)22(26)27-19-9-5-13-24-21(19)25/h4-5,8-13H,2-3,6-7H2,1H3. The first kappa shape index (κ1) is 16.0. The van der Waals surface area contributed by atoms with Crippen LogP contribution in [0.3, 0.4) is 0 Å². The smallest absolute Gasteiger partial charge is 0.347 e. The number of benzene rings is 1. The van der Waals surface area contributed by atoms with Crippen molar-refractivity contribution < 1.29 is 9.53 Å². The Labute approximate surface area is 157 Å². The van der Waals surface area contributed by atoms with Crippen molar-refractivity contribution in [2.24, 2.45) is 0 Å². The molecule has 5 heteroatoms. The second-order valence-corrected chi connectivity index (χ2v) is 6.99. The molecule has 1 aliphatic heterocycles. The highest BCUT2D eigenvalue weighted by molar-refractivity contribution is 6.01. The number of fused-ring (bicyclic) bond motifs is 3.